The standard InChI is InChI=1S/C21H17ClF3NO3/c1-11(2)19-20(28-12(3)27)18(16-10-14(22)7-8-17(16)26-19)13-5-4-6-15(9-13)29-21(23,24)25/h4-11H,1-3H3. The molecular weight excluding hydrogens is 407 g/mol. The maximum absolute atomic E-state index is 12.7. The lowest BCUT2D eigenvalue weighted by atomic mass is 9.95. The lowest BCUT2D eigenvalue weighted by Gasteiger charge is -2.19. The number of fused-ring (bicyclic) bond motifs is 1. The van der Waals surface area contributed by atoms with Crippen LogP contribution in [0.2, 0.25) is 5.02 Å². The van der Waals surface area contributed by atoms with Crippen LogP contribution in [0.25, 0.3) is 22.0 Å². The van der Waals surface area contributed by atoms with E-state index in [-0.39, 0.29) is 17.4 Å². The van der Waals surface area contributed by atoms with Crippen molar-refractivity contribution in [2.75, 3.05) is 0 Å². The van der Waals surface area contributed by atoms with Gasteiger partial charge in [-0.1, -0.05) is 37.6 Å². The molecule has 4 nitrogen and oxygen atoms in total. The van der Waals surface area contributed by atoms with Gasteiger partial charge in [-0.3, -0.25) is 4.79 Å². The van der Waals surface area contributed by atoms with Crippen molar-refractivity contribution in [3.63, 3.8) is 0 Å². The molecule has 2 aromatic carbocycles. The zero-order chi connectivity index (χ0) is 21.3. The molecule has 0 saturated heterocycles. The number of alkyl halides is 3. The Morgan fingerprint density at radius 1 is 1.14 bits per heavy atom. The summed E-state index contributed by atoms with van der Waals surface area (Å²) in [7, 11) is 0. The molecule has 0 aliphatic carbocycles. The van der Waals surface area contributed by atoms with Crippen molar-refractivity contribution in [2.45, 2.75) is 33.1 Å². The average Bonchev–Trinajstić information content (AvgIpc) is 2.59. The number of pyridine rings is 1. The number of ether oxygens (including phenoxy) is 2. The number of hydrogen-bond acceptors (Lipinski definition) is 4. The van der Waals surface area contributed by atoms with Gasteiger partial charge in [0.15, 0.2) is 5.75 Å². The van der Waals surface area contributed by atoms with E-state index in [1.165, 1.54) is 25.1 Å². The second-order valence-electron chi connectivity index (χ2n) is 6.69. The number of hydrogen-bond donors (Lipinski definition) is 0. The van der Waals surface area contributed by atoms with Gasteiger partial charge in [-0.2, -0.15) is 0 Å². The zero-order valence-corrected chi connectivity index (χ0v) is 16.6. The summed E-state index contributed by atoms with van der Waals surface area (Å²) in [6.45, 7) is 5.01. The molecule has 0 unspecified atom stereocenters. The van der Waals surface area contributed by atoms with Crippen molar-refractivity contribution in [3.8, 4) is 22.6 Å². The molecule has 8 heteroatoms. The third-order valence-electron chi connectivity index (χ3n) is 4.08. The second-order valence-corrected chi connectivity index (χ2v) is 7.12. The molecule has 29 heavy (non-hydrogen) atoms. The Morgan fingerprint density at radius 2 is 1.86 bits per heavy atom. The van der Waals surface area contributed by atoms with Gasteiger partial charge in [0.05, 0.1) is 11.2 Å². The van der Waals surface area contributed by atoms with Crippen LogP contribution in [0.4, 0.5) is 13.2 Å². The number of benzene rings is 2. The summed E-state index contributed by atoms with van der Waals surface area (Å²) < 4.78 is 47.6. The quantitative estimate of drug-likeness (QED) is 0.449. The van der Waals surface area contributed by atoms with Crippen molar-refractivity contribution >= 4 is 28.5 Å². The summed E-state index contributed by atoms with van der Waals surface area (Å²) >= 11 is 6.15. The van der Waals surface area contributed by atoms with Gasteiger partial charge in [-0.05, 0) is 41.8 Å². The molecule has 3 aromatic rings. The van der Waals surface area contributed by atoms with Crippen LogP contribution in [-0.4, -0.2) is 17.3 Å². The van der Waals surface area contributed by atoms with Crippen LogP contribution in [0.1, 0.15) is 32.4 Å². The number of rotatable bonds is 4. The first-order valence-electron chi connectivity index (χ1n) is 8.73. The lowest BCUT2D eigenvalue weighted by molar-refractivity contribution is -0.274. The van der Waals surface area contributed by atoms with Gasteiger partial charge in [-0.25, -0.2) is 4.98 Å². The highest BCUT2D eigenvalue weighted by molar-refractivity contribution is 6.31. The van der Waals surface area contributed by atoms with Crippen LogP contribution in [0.3, 0.4) is 0 Å². The highest BCUT2D eigenvalue weighted by atomic mass is 35.5. The summed E-state index contributed by atoms with van der Waals surface area (Å²) in [5.41, 5.74) is 1.88. The predicted octanol–water partition coefficient (Wildman–Crippen LogP) is 6.50. The predicted molar refractivity (Wildman–Crippen MR) is 104 cm³/mol. The van der Waals surface area contributed by atoms with E-state index in [2.05, 4.69) is 9.72 Å². The first-order chi connectivity index (χ1) is 13.5. The van der Waals surface area contributed by atoms with Crippen molar-refractivity contribution in [1.82, 2.24) is 4.98 Å². The number of halogens is 4. The smallest absolute Gasteiger partial charge is 0.424 e. The molecule has 0 N–H and O–H groups in total. The van der Waals surface area contributed by atoms with E-state index in [9.17, 15) is 18.0 Å². The fraction of sp³-hybridized carbons (Fsp3) is 0.238. The first-order valence-corrected chi connectivity index (χ1v) is 9.10. The van der Waals surface area contributed by atoms with Crippen LogP contribution in [0.15, 0.2) is 42.5 Å². The molecular formula is C21H17ClF3NO3. The van der Waals surface area contributed by atoms with Crippen LogP contribution in [-0.2, 0) is 4.79 Å². The maximum atomic E-state index is 12.7. The van der Waals surface area contributed by atoms with E-state index in [4.69, 9.17) is 16.3 Å². The molecule has 0 aliphatic rings. The summed E-state index contributed by atoms with van der Waals surface area (Å²) in [5.74, 6) is -0.884. The topological polar surface area (TPSA) is 48.4 Å². The Bertz CT molecular complexity index is 1080. The minimum absolute atomic E-state index is 0.113. The number of carbonyl (C=O) groups excluding carboxylic acids is 1. The van der Waals surface area contributed by atoms with Crippen LogP contribution in [0, 0.1) is 0 Å². The molecule has 0 spiro atoms. The minimum atomic E-state index is -4.83. The van der Waals surface area contributed by atoms with Crippen LogP contribution in [0.5, 0.6) is 11.5 Å². The molecule has 0 amide bonds. The summed E-state index contributed by atoms with van der Waals surface area (Å²) in [6, 6.07) is 10.5. The van der Waals surface area contributed by atoms with Gasteiger partial charge in [0.2, 0.25) is 0 Å². The Morgan fingerprint density at radius 3 is 2.48 bits per heavy atom. The SMILES string of the molecule is CC(=O)Oc1c(C(C)C)nc2ccc(Cl)cc2c1-c1cccc(OC(F)(F)F)c1. The Balaban J connectivity index is 2.36. The van der Waals surface area contributed by atoms with Gasteiger partial charge < -0.3 is 9.47 Å². The maximum Gasteiger partial charge on any atom is 0.573 e. The zero-order valence-electron chi connectivity index (χ0n) is 15.8. The van der Waals surface area contributed by atoms with Crippen molar-refractivity contribution in [1.29, 1.82) is 0 Å². The highest BCUT2D eigenvalue weighted by Gasteiger charge is 2.31. The van der Waals surface area contributed by atoms with E-state index in [0.717, 1.165) is 0 Å². The molecule has 0 atom stereocenters. The van der Waals surface area contributed by atoms with Crippen molar-refractivity contribution in [3.05, 3.63) is 53.2 Å². The van der Waals surface area contributed by atoms with Crippen LogP contribution < -0.4 is 9.47 Å². The fourth-order valence-electron chi connectivity index (χ4n) is 3.01. The van der Waals surface area contributed by atoms with E-state index < -0.39 is 12.3 Å². The molecule has 3 rings (SSSR count). The first kappa shape index (κ1) is 20.9. The minimum Gasteiger partial charge on any atom is -0.424 e. The van der Waals surface area contributed by atoms with E-state index >= 15 is 0 Å². The molecule has 0 aliphatic heterocycles. The summed E-state index contributed by atoms with van der Waals surface area (Å²) in [5, 5.41) is 0.955. The third kappa shape index (κ3) is 4.79. The lowest BCUT2D eigenvalue weighted by Crippen LogP contribution is -2.17. The fourth-order valence-corrected chi connectivity index (χ4v) is 3.18. The monoisotopic (exact) mass is 423 g/mol. The summed E-state index contributed by atoms with van der Waals surface area (Å²) in [4.78, 5) is 16.4. The molecule has 0 radical (unpaired) electrons. The van der Waals surface area contributed by atoms with E-state index in [0.29, 0.717) is 32.7 Å². The van der Waals surface area contributed by atoms with Crippen molar-refractivity contribution in [2.24, 2.45) is 0 Å². The van der Waals surface area contributed by atoms with Gasteiger partial charge in [-0.15, -0.1) is 13.2 Å². The van der Waals surface area contributed by atoms with Gasteiger partial charge in [0.25, 0.3) is 0 Å². The summed E-state index contributed by atoms with van der Waals surface area (Å²) in [6.07, 6.45) is -4.83. The molecule has 0 fully saturated rings. The molecule has 0 saturated carbocycles. The normalized spacial score (nSPS) is 11.7. The third-order valence-corrected chi connectivity index (χ3v) is 4.31. The van der Waals surface area contributed by atoms with Gasteiger partial charge in [0.1, 0.15) is 5.75 Å². The number of aromatic nitrogens is 1. The molecule has 1 heterocycles. The average molecular weight is 424 g/mol. The Kier molecular flexibility index (Phi) is 5.71. The molecule has 1 aromatic heterocycles. The largest absolute Gasteiger partial charge is 0.573 e. The van der Waals surface area contributed by atoms with E-state index in [1.807, 2.05) is 13.8 Å². The number of nitrogens with zero attached hydrogens (tertiary/aromatic N) is 1. The highest BCUT2D eigenvalue weighted by Crippen LogP contribution is 2.43. The molecule has 0 bridgehead atoms. The van der Waals surface area contributed by atoms with Crippen LogP contribution >= 0.6 is 11.6 Å². The number of carbonyl (C=O) groups is 1. The van der Waals surface area contributed by atoms with Gasteiger partial charge >= 0.3 is 12.3 Å². The molecule has 152 valence electrons. The van der Waals surface area contributed by atoms with Gasteiger partial charge in [0, 0.05) is 22.9 Å². The van der Waals surface area contributed by atoms with Crippen molar-refractivity contribution < 1.29 is 27.4 Å². The van der Waals surface area contributed by atoms with E-state index in [1.54, 1.807) is 24.3 Å². The Labute approximate surface area is 170 Å². The Hall–Kier alpha value is -2.80. The number of esters is 1. The second kappa shape index (κ2) is 7.91.